The second-order valence-electron chi connectivity index (χ2n) is 7.83. The number of likely N-dealkylation sites (tertiary alicyclic amines) is 1. The number of thioether (sulfide) groups is 1. The Bertz CT molecular complexity index is 1030. The van der Waals surface area contributed by atoms with Crippen LogP contribution in [0, 0.1) is 12.8 Å². The maximum atomic E-state index is 12.5. The highest BCUT2D eigenvalue weighted by molar-refractivity contribution is 8.00. The summed E-state index contributed by atoms with van der Waals surface area (Å²) in [6.07, 6.45) is 2.20. The maximum absolute atomic E-state index is 12.5. The van der Waals surface area contributed by atoms with Crippen molar-refractivity contribution in [2.75, 3.05) is 31.2 Å². The van der Waals surface area contributed by atoms with Crippen LogP contribution in [0.5, 0.6) is 0 Å². The number of aryl methyl sites for hydroxylation is 1. The fourth-order valence-corrected chi connectivity index (χ4v) is 5.47. The summed E-state index contributed by atoms with van der Waals surface area (Å²) < 4.78 is 7.76. The zero-order valence-electron chi connectivity index (χ0n) is 18.3. The smallest absolute Gasteiger partial charge is 0.326 e. The predicted molar refractivity (Wildman–Crippen MR) is 124 cm³/mol. The van der Waals surface area contributed by atoms with Gasteiger partial charge in [-0.05, 0) is 50.3 Å². The highest BCUT2D eigenvalue weighted by atomic mass is 32.2. The van der Waals surface area contributed by atoms with Gasteiger partial charge in [-0.3, -0.25) is 14.4 Å². The number of hydrogen-bond acceptors (Lipinski definition) is 6. The van der Waals surface area contributed by atoms with Crippen molar-refractivity contribution < 1.29 is 19.1 Å². The Morgan fingerprint density at radius 2 is 2.10 bits per heavy atom. The molecule has 1 saturated heterocycles. The minimum Gasteiger partial charge on any atom is -0.465 e. The second-order valence-corrected chi connectivity index (χ2v) is 9.83. The van der Waals surface area contributed by atoms with Crippen molar-refractivity contribution in [1.29, 1.82) is 0 Å². The first-order valence-corrected chi connectivity index (χ1v) is 12.5. The summed E-state index contributed by atoms with van der Waals surface area (Å²) in [5.74, 6) is 0.340. The zero-order chi connectivity index (χ0) is 22.4. The molecule has 0 bridgehead atoms. The van der Waals surface area contributed by atoms with Crippen LogP contribution in [0.15, 0.2) is 23.2 Å². The van der Waals surface area contributed by atoms with Gasteiger partial charge in [-0.2, -0.15) is 4.99 Å². The van der Waals surface area contributed by atoms with Crippen LogP contribution in [0.3, 0.4) is 0 Å². The molecule has 1 unspecified atom stereocenters. The molecular weight excluding hydrogens is 434 g/mol. The Morgan fingerprint density at radius 1 is 1.29 bits per heavy atom. The number of esters is 1. The van der Waals surface area contributed by atoms with Crippen LogP contribution < -0.4 is 4.80 Å². The number of thiazole rings is 1. The van der Waals surface area contributed by atoms with Gasteiger partial charge in [-0.1, -0.05) is 24.3 Å². The molecule has 9 heteroatoms. The quantitative estimate of drug-likeness (QED) is 0.590. The first-order valence-electron chi connectivity index (χ1n) is 10.6. The molecule has 2 aromatic rings. The summed E-state index contributed by atoms with van der Waals surface area (Å²) in [5.41, 5.74) is 1.94. The molecule has 1 aliphatic heterocycles. The summed E-state index contributed by atoms with van der Waals surface area (Å²) in [7, 11) is 0. The number of piperidine rings is 1. The molecule has 168 valence electrons. The normalized spacial score (nSPS) is 17.2. The van der Waals surface area contributed by atoms with E-state index in [0.717, 1.165) is 41.7 Å². The van der Waals surface area contributed by atoms with Gasteiger partial charge in [-0.15, -0.1) is 11.8 Å². The first kappa shape index (κ1) is 23.5. The average Bonchev–Trinajstić information content (AvgIpc) is 3.03. The molecule has 1 aromatic carbocycles. The van der Waals surface area contributed by atoms with Gasteiger partial charge in [0.05, 0.1) is 28.3 Å². The molecule has 1 aromatic heterocycles. The third kappa shape index (κ3) is 6.43. The Kier molecular flexibility index (Phi) is 8.31. The predicted octanol–water partition coefficient (Wildman–Crippen LogP) is 2.99. The number of nitrogens with zero attached hydrogens (tertiary/aromatic N) is 3. The SMILES string of the molecule is CCOC(=O)Cn1c(=NC(=O)CSCC(=O)N2CCCC(C)C2)sc2cc(C)ccc21. The zero-order valence-corrected chi connectivity index (χ0v) is 19.9. The van der Waals surface area contributed by atoms with E-state index >= 15 is 0 Å². The first-order chi connectivity index (χ1) is 14.9. The molecule has 7 nitrogen and oxygen atoms in total. The van der Waals surface area contributed by atoms with Gasteiger partial charge in [0, 0.05) is 13.1 Å². The number of amides is 2. The Balaban J connectivity index is 1.69. The van der Waals surface area contributed by atoms with Gasteiger partial charge >= 0.3 is 5.97 Å². The van der Waals surface area contributed by atoms with Crippen LogP contribution in [-0.2, 0) is 25.7 Å². The number of aromatic nitrogens is 1. The fraction of sp³-hybridized carbons (Fsp3) is 0.545. The molecule has 0 aliphatic carbocycles. The van der Waals surface area contributed by atoms with E-state index in [1.54, 1.807) is 11.5 Å². The standard InChI is InChI=1S/C22H29N3O4S2/c1-4-29-21(28)12-25-17-8-7-15(2)10-18(17)31-22(25)23-19(26)13-30-14-20(27)24-9-5-6-16(3)11-24/h7-8,10,16H,4-6,9,11-14H2,1-3H3. The number of carbonyl (C=O) groups is 3. The molecule has 2 heterocycles. The molecule has 31 heavy (non-hydrogen) atoms. The molecule has 0 N–H and O–H groups in total. The summed E-state index contributed by atoms with van der Waals surface area (Å²) in [4.78, 5) is 43.6. The van der Waals surface area contributed by atoms with Crippen molar-refractivity contribution in [3.63, 3.8) is 0 Å². The summed E-state index contributed by atoms with van der Waals surface area (Å²) in [6.45, 7) is 7.81. The number of carbonyl (C=O) groups excluding carboxylic acids is 3. The molecule has 0 saturated carbocycles. The van der Waals surface area contributed by atoms with Crippen molar-refractivity contribution in [1.82, 2.24) is 9.47 Å². The highest BCUT2D eigenvalue weighted by Crippen LogP contribution is 2.19. The van der Waals surface area contributed by atoms with E-state index in [-0.39, 0.29) is 35.8 Å². The van der Waals surface area contributed by atoms with Gasteiger partial charge in [0.1, 0.15) is 6.54 Å². The molecule has 0 radical (unpaired) electrons. The van der Waals surface area contributed by atoms with Crippen molar-refractivity contribution >= 4 is 51.1 Å². The van der Waals surface area contributed by atoms with Gasteiger partial charge in [-0.25, -0.2) is 0 Å². The van der Waals surface area contributed by atoms with Crippen molar-refractivity contribution in [3.05, 3.63) is 28.6 Å². The van der Waals surface area contributed by atoms with Gasteiger partial charge < -0.3 is 14.2 Å². The van der Waals surface area contributed by atoms with Crippen LogP contribution in [0.2, 0.25) is 0 Å². The lowest BCUT2D eigenvalue weighted by atomic mass is 10.0. The molecule has 3 rings (SSSR count). The minimum atomic E-state index is -0.368. The Morgan fingerprint density at radius 3 is 2.84 bits per heavy atom. The van der Waals surface area contributed by atoms with E-state index in [4.69, 9.17) is 4.74 Å². The molecule has 1 atom stereocenters. The third-order valence-corrected chi connectivity index (χ3v) is 7.06. The maximum Gasteiger partial charge on any atom is 0.326 e. The van der Waals surface area contributed by atoms with Gasteiger partial charge in [0.2, 0.25) is 5.91 Å². The van der Waals surface area contributed by atoms with E-state index in [0.29, 0.717) is 17.3 Å². The van der Waals surface area contributed by atoms with Crippen molar-refractivity contribution in [2.24, 2.45) is 10.9 Å². The van der Waals surface area contributed by atoms with Crippen molar-refractivity contribution in [2.45, 2.75) is 40.2 Å². The summed E-state index contributed by atoms with van der Waals surface area (Å²) in [6, 6.07) is 5.90. The number of rotatable bonds is 7. The average molecular weight is 464 g/mol. The lowest BCUT2D eigenvalue weighted by Crippen LogP contribution is -2.40. The topological polar surface area (TPSA) is 81.0 Å². The molecular formula is C22H29N3O4S2. The summed E-state index contributed by atoms with van der Waals surface area (Å²) in [5, 5.41) is 0. The van der Waals surface area contributed by atoms with E-state index in [2.05, 4.69) is 11.9 Å². The van der Waals surface area contributed by atoms with Crippen LogP contribution in [0.25, 0.3) is 10.2 Å². The third-order valence-electron chi connectivity index (χ3n) is 5.11. The number of benzene rings is 1. The second kappa shape index (κ2) is 10.9. The van der Waals surface area contributed by atoms with Crippen LogP contribution in [0.1, 0.15) is 32.3 Å². The lowest BCUT2D eigenvalue weighted by molar-refractivity contribution is -0.143. The number of hydrogen-bond donors (Lipinski definition) is 0. The summed E-state index contributed by atoms with van der Waals surface area (Å²) >= 11 is 2.66. The Labute approximate surface area is 190 Å². The minimum absolute atomic E-state index is 0.00177. The molecule has 1 fully saturated rings. The van der Waals surface area contributed by atoms with E-state index < -0.39 is 0 Å². The highest BCUT2D eigenvalue weighted by Gasteiger charge is 2.21. The molecule has 0 spiro atoms. The van der Waals surface area contributed by atoms with E-state index in [1.807, 2.05) is 30.0 Å². The van der Waals surface area contributed by atoms with Gasteiger partial charge in [0.15, 0.2) is 4.80 Å². The Hall–Kier alpha value is -2.13. The van der Waals surface area contributed by atoms with Crippen LogP contribution in [0.4, 0.5) is 0 Å². The molecule has 2 amide bonds. The monoisotopic (exact) mass is 463 g/mol. The van der Waals surface area contributed by atoms with Crippen LogP contribution >= 0.6 is 23.1 Å². The largest absolute Gasteiger partial charge is 0.465 e. The number of ether oxygens (including phenoxy) is 1. The van der Waals surface area contributed by atoms with Gasteiger partial charge in [0.25, 0.3) is 5.91 Å². The molecule has 1 aliphatic rings. The van der Waals surface area contributed by atoms with Crippen LogP contribution in [-0.4, -0.2) is 58.5 Å². The van der Waals surface area contributed by atoms with E-state index in [9.17, 15) is 14.4 Å². The van der Waals surface area contributed by atoms with E-state index in [1.165, 1.54) is 23.1 Å². The lowest BCUT2D eigenvalue weighted by Gasteiger charge is -2.30. The number of fused-ring (bicyclic) bond motifs is 1. The fourth-order valence-electron chi connectivity index (χ4n) is 3.63. The van der Waals surface area contributed by atoms with Crippen molar-refractivity contribution in [3.8, 4) is 0 Å².